The van der Waals surface area contributed by atoms with Crippen molar-refractivity contribution in [3.8, 4) is 22.6 Å². The average Bonchev–Trinajstić information content (AvgIpc) is 2.40. The predicted octanol–water partition coefficient (Wildman–Crippen LogP) is 0.958. The molecule has 0 fully saturated rings. The van der Waals surface area contributed by atoms with Gasteiger partial charge in [-0.05, 0) is 0 Å². The van der Waals surface area contributed by atoms with E-state index >= 15 is 0 Å². The van der Waals surface area contributed by atoms with E-state index in [-0.39, 0.29) is 0 Å². The molecule has 18 heavy (non-hydrogen) atoms. The molecule has 0 amide bonds. The normalized spacial score (nSPS) is 10.3. The Morgan fingerprint density at radius 3 is 1.44 bits per heavy atom. The second-order valence-corrected chi connectivity index (χ2v) is 4.36. The third-order valence-corrected chi connectivity index (χ3v) is 3.18. The van der Waals surface area contributed by atoms with E-state index in [1.165, 1.54) is 19.6 Å². The molecular formula is C14H12Li2O2. The first-order valence-electron chi connectivity index (χ1n) is 5.95. The Labute approximate surface area is 126 Å². The van der Waals surface area contributed by atoms with Crippen LogP contribution in [0.5, 0.6) is 11.5 Å². The number of benzene rings is 2. The summed E-state index contributed by atoms with van der Waals surface area (Å²) in [5.74, 6) is 1.75. The van der Waals surface area contributed by atoms with Gasteiger partial charge in [-0.25, -0.2) is 0 Å². The van der Waals surface area contributed by atoms with Crippen molar-refractivity contribution < 1.29 is 9.47 Å². The molecule has 0 heterocycles. The van der Waals surface area contributed by atoms with Crippen molar-refractivity contribution in [1.29, 1.82) is 0 Å². The maximum atomic E-state index is 5.30. The summed E-state index contributed by atoms with van der Waals surface area (Å²) in [4.78, 5) is 0. The van der Waals surface area contributed by atoms with E-state index in [0.717, 1.165) is 11.5 Å². The quantitative estimate of drug-likeness (QED) is 0.726. The molecule has 2 nitrogen and oxygen atoms in total. The van der Waals surface area contributed by atoms with E-state index < -0.39 is 0 Å². The minimum absolute atomic E-state index is 0.873. The van der Waals surface area contributed by atoms with Crippen molar-refractivity contribution in [3.63, 3.8) is 0 Å². The molecule has 0 saturated carbocycles. The van der Waals surface area contributed by atoms with Crippen LogP contribution >= 0.6 is 0 Å². The van der Waals surface area contributed by atoms with Crippen LogP contribution in [-0.4, -0.2) is 49.6 Å². The topological polar surface area (TPSA) is 18.5 Å². The molecule has 4 heteroatoms. The van der Waals surface area contributed by atoms with Crippen LogP contribution in [0.3, 0.4) is 0 Å². The fourth-order valence-corrected chi connectivity index (χ4v) is 2.04. The first-order valence-corrected chi connectivity index (χ1v) is 5.95. The summed E-state index contributed by atoms with van der Waals surface area (Å²) in [7, 11) is 3.37. The second kappa shape index (κ2) is 5.92. The Morgan fingerprint density at radius 2 is 1.11 bits per heavy atom. The molecule has 0 aliphatic rings. The van der Waals surface area contributed by atoms with Crippen LogP contribution in [0.2, 0.25) is 0 Å². The van der Waals surface area contributed by atoms with Crippen LogP contribution in [0.4, 0.5) is 0 Å². The van der Waals surface area contributed by atoms with E-state index in [1.807, 2.05) is 12.1 Å². The van der Waals surface area contributed by atoms with Crippen LogP contribution in [0.25, 0.3) is 11.1 Å². The molecule has 0 N–H and O–H groups in total. The van der Waals surface area contributed by atoms with Gasteiger partial charge in [0, 0.05) is 0 Å². The fourth-order valence-electron chi connectivity index (χ4n) is 2.04. The Morgan fingerprint density at radius 1 is 0.722 bits per heavy atom. The fraction of sp³-hybridized carbons (Fsp3) is 0.143. The molecule has 82 valence electrons. The zero-order chi connectivity index (χ0) is 13.1. The number of hydrogen-bond acceptors (Lipinski definition) is 2. The van der Waals surface area contributed by atoms with E-state index in [4.69, 9.17) is 9.47 Å². The van der Waals surface area contributed by atoms with Gasteiger partial charge in [-0.2, -0.15) is 0 Å². The Kier molecular flexibility index (Phi) is 4.49. The monoisotopic (exact) mass is 226 g/mol. The Bertz CT molecular complexity index is 516. The van der Waals surface area contributed by atoms with E-state index in [2.05, 4.69) is 59.7 Å². The minimum atomic E-state index is 0.873. The average molecular weight is 226 g/mol. The number of ether oxygens (including phenoxy) is 2. The van der Waals surface area contributed by atoms with Crippen LogP contribution in [0.1, 0.15) is 0 Å². The third-order valence-electron chi connectivity index (χ3n) is 3.18. The summed E-state index contributed by atoms with van der Waals surface area (Å²) in [5.41, 5.74) is 2.37. The van der Waals surface area contributed by atoms with E-state index in [9.17, 15) is 0 Å². The molecule has 2 rings (SSSR count). The zero-order valence-corrected chi connectivity index (χ0v) is 11.3. The van der Waals surface area contributed by atoms with Crippen LogP contribution < -0.4 is 17.9 Å². The number of hydrogen-bond donors (Lipinski definition) is 0. The van der Waals surface area contributed by atoms with Gasteiger partial charge in [0.15, 0.2) is 0 Å². The Balaban J connectivity index is 2.60. The summed E-state index contributed by atoms with van der Waals surface area (Å²) < 4.78 is 13.1. The summed E-state index contributed by atoms with van der Waals surface area (Å²) in [5, 5.41) is 0. The van der Waals surface area contributed by atoms with E-state index in [1.54, 1.807) is 14.2 Å². The van der Waals surface area contributed by atoms with Gasteiger partial charge in [-0.1, -0.05) is 0 Å². The molecule has 2 aromatic rings. The molecule has 2 aromatic carbocycles. The van der Waals surface area contributed by atoms with Crippen LogP contribution in [0.15, 0.2) is 36.4 Å². The van der Waals surface area contributed by atoms with Gasteiger partial charge in [0.2, 0.25) is 0 Å². The third kappa shape index (κ3) is 2.79. The zero-order valence-electron chi connectivity index (χ0n) is 11.3. The molecule has 0 saturated heterocycles. The van der Waals surface area contributed by atoms with Gasteiger partial charge in [0.25, 0.3) is 0 Å². The molecular weight excluding hydrogens is 214 g/mol. The van der Waals surface area contributed by atoms with Gasteiger partial charge in [-0.3, -0.25) is 0 Å². The first kappa shape index (κ1) is 13.7. The molecule has 0 aliphatic carbocycles. The van der Waals surface area contributed by atoms with Crippen LogP contribution in [-0.2, 0) is 0 Å². The molecule has 0 bridgehead atoms. The molecule has 0 atom stereocenters. The standard InChI is InChI=1S/C14H12O2.2Li/c1-15-13-7-3-5-11(9-13)12-6-4-8-14(10-12)16-2;;/h3-4,7-10H,1-2H3;;. The number of methoxy groups -OCH3 is 2. The maximum absolute atomic E-state index is 5.30. The van der Waals surface area contributed by atoms with Gasteiger partial charge in [0.05, 0.1) is 0 Å². The second-order valence-electron chi connectivity index (χ2n) is 4.36. The van der Waals surface area contributed by atoms with Gasteiger partial charge in [0.1, 0.15) is 0 Å². The summed E-state index contributed by atoms with van der Waals surface area (Å²) in [6.45, 7) is 0. The van der Waals surface area contributed by atoms with Crippen molar-refractivity contribution in [2.75, 3.05) is 14.2 Å². The molecule has 0 aromatic heterocycles. The van der Waals surface area contributed by atoms with Crippen molar-refractivity contribution in [1.82, 2.24) is 0 Å². The number of rotatable bonds is 3. The van der Waals surface area contributed by atoms with Gasteiger partial charge < -0.3 is 0 Å². The summed E-state index contributed by atoms with van der Waals surface area (Å²) >= 11 is 4.21. The van der Waals surface area contributed by atoms with Crippen molar-refractivity contribution in [2.45, 2.75) is 0 Å². The molecule has 0 unspecified atom stereocenters. The summed E-state index contributed by atoms with van der Waals surface area (Å²) in [6, 6.07) is 12.2. The summed E-state index contributed by atoms with van der Waals surface area (Å²) in [6.07, 6.45) is 0. The SMILES string of the molecule is [Li][c]1ccc(OC)cc1-c1cc(OC)cc[c]1[Li]. The molecule has 0 spiro atoms. The van der Waals surface area contributed by atoms with E-state index in [0.29, 0.717) is 0 Å². The van der Waals surface area contributed by atoms with Gasteiger partial charge in [-0.15, -0.1) is 0 Å². The first-order chi connectivity index (χ1) is 8.65. The Hall–Kier alpha value is -0.765. The molecule has 0 radical (unpaired) electrons. The van der Waals surface area contributed by atoms with Gasteiger partial charge >= 0.3 is 127 Å². The predicted molar refractivity (Wildman–Crippen MR) is 75.8 cm³/mol. The van der Waals surface area contributed by atoms with Crippen LogP contribution in [0, 0.1) is 0 Å². The van der Waals surface area contributed by atoms with Crippen molar-refractivity contribution in [3.05, 3.63) is 36.4 Å². The molecule has 0 aliphatic heterocycles. The van der Waals surface area contributed by atoms with Crippen molar-refractivity contribution in [2.24, 2.45) is 0 Å². The van der Waals surface area contributed by atoms with Crippen molar-refractivity contribution >= 4 is 43.9 Å².